The van der Waals surface area contributed by atoms with E-state index in [0.717, 1.165) is 10.9 Å². The van der Waals surface area contributed by atoms with E-state index in [2.05, 4.69) is 0 Å². The predicted octanol–water partition coefficient (Wildman–Crippen LogP) is 1.94. The average Bonchev–Trinajstić information content (AvgIpc) is 2.75. The fourth-order valence-corrected chi connectivity index (χ4v) is 2.70. The normalized spacial score (nSPS) is 17.1. The molecule has 0 spiro atoms. The number of benzene rings is 1. The van der Waals surface area contributed by atoms with Crippen molar-refractivity contribution in [3.8, 4) is 0 Å². The summed E-state index contributed by atoms with van der Waals surface area (Å²) in [5.41, 5.74) is 1.94. The molecule has 0 radical (unpaired) electrons. The van der Waals surface area contributed by atoms with E-state index in [1.165, 1.54) is 11.0 Å². The van der Waals surface area contributed by atoms with Gasteiger partial charge in [-0.3, -0.25) is 4.90 Å². The van der Waals surface area contributed by atoms with Gasteiger partial charge in [0.05, 0.1) is 12.3 Å². The number of carbonyl (C=O) groups is 1. The molecule has 1 N–H and O–H groups in total. The van der Waals surface area contributed by atoms with E-state index in [0.29, 0.717) is 16.8 Å². The van der Waals surface area contributed by atoms with Crippen molar-refractivity contribution >= 4 is 22.7 Å². The molecule has 0 saturated heterocycles. The van der Waals surface area contributed by atoms with Gasteiger partial charge in [-0.1, -0.05) is 0 Å². The van der Waals surface area contributed by atoms with Crippen molar-refractivity contribution in [3.05, 3.63) is 39.7 Å². The molecule has 1 aliphatic rings. The van der Waals surface area contributed by atoms with E-state index in [1.54, 1.807) is 19.1 Å². The molecule has 3 rings (SSSR count). The molecule has 2 aromatic rings. The summed E-state index contributed by atoms with van der Waals surface area (Å²) in [5.74, 6) is 0. The number of carbonyl (C=O) groups excluding carboxylic acids is 1. The summed E-state index contributed by atoms with van der Waals surface area (Å²) in [6, 6.07) is 4.93. The van der Waals surface area contributed by atoms with Gasteiger partial charge >= 0.3 is 11.7 Å². The molecule has 21 heavy (non-hydrogen) atoms. The van der Waals surface area contributed by atoms with Crippen LogP contribution in [0, 0.1) is 6.92 Å². The molecule has 1 aliphatic heterocycles. The maximum Gasteiger partial charge on any atom is 0.416 e. The maximum absolute atomic E-state index is 11.9. The number of hydrogen-bond acceptors (Lipinski definition) is 5. The molecule has 0 bridgehead atoms. The van der Waals surface area contributed by atoms with Crippen molar-refractivity contribution in [3.63, 3.8) is 0 Å². The molecule has 1 unspecified atom stereocenters. The van der Waals surface area contributed by atoms with Gasteiger partial charge in [0, 0.05) is 23.4 Å². The minimum atomic E-state index is -1.02. The van der Waals surface area contributed by atoms with Gasteiger partial charge in [-0.15, -0.1) is 0 Å². The molecular formula is C15H15NO5. The van der Waals surface area contributed by atoms with E-state index in [9.17, 15) is 14.7 Å². The second-order valence-electron chi connectivity index (χ2n) is 4.94. The lowest BCUT2D eigenvalue weighted by molar-refractivity contribution is 0.129. The lowest BCUT2D eigenvalue weighted by atomic mass is 10.1. The quantitative estimate of drug-likeness (QED) is 0.811. The Morgan fingerprint density at radius 1 is 1.52 bits per heavy atom. The molecule has 0 aliphatic carbocycles. The number of aliphatic hydroxyl groups excluding tert-OH is 1. The monoisotopic (exact) mass is 289 g/mol. The number of amides is 1. The van der Waals surface area contributed by atoms with Crippen LogP contribution in [0.2, 0.25) is 0 Å². The molecular weight excluding hydrogens is 274 g/mol. The first-order valence-electron chi connectivity index (χ1n) is 6.73. The molecule has 0 fully saturated rings. The first-order chi connectivity index (χ1) is 10.0. The molecule has 1 atom stereocenters. The van der Waals surface area contributed by atoms with Gasteiger partial charge in [0.25, 0.3) is 0 Å². The molecule has 1 aromatic carbocycles. The third-order valence-electron chi connectivity index (χ3n) is 3.61. The van der Waals surface area contributed by atoms with Crippen LogP contribution in [0.3, 0.4) is 0 Å². The topological polar surface area (TPSA) is 80.0 Å². The summed E-state index contributed by atoms with van der Waals surface area (Å²) >= 11 is 0. The number of aryl methyl sites for hydroxylation is 1. The van der Waals surface area contributed by atoms with E-state index in [-0.39, 0.29) is 13.0 Å². The average molecular weight is 289 g/mol. The highest BCUT2D eigenvalue weighted by Crippen LogP contribution is 2.37. The van der Waals surface area contributed by atoms with Gasteiger partial charge < -0.3 is 14.3 Å². The van der Waals surface area contributed by atoms with Crippen LogP contribution in [0.15, 0.2) is 27.4 Å². The summed E-state index contributed by atoms with van der Waals surface area (Å²) in [6.07, 6.45) is -1.42. The van der Waals surface area contributed by atoms with Crippen LogP contribution < -0.4 is 10.5 Å². The summed E-state index contributed by atoms with van der Waals surface area (Å²) in [7, 11) is 0. The number of rotatable bonds is 1. The van der Waals surface area contributed by atoms with Crippen molar-refractivity contribution in [2.24, 2.45) is 0 Å². The third kappa shape index (κ3) is 2.08. The van der Waals surface area contributed by atoms with Crippen LogP contribution in [0.5, 0.6) is 0 Å². The highest BCUT2D eigenvalue weighted by atomic mass is 16.6. The molecule has 6 nitrogen and oxygen atoms in total. The smallest absolute Gasteiger partial charge is 0.416 e. The fraction of sp³-hybridized carbons (Fsp3) is 0.333. The predicted molar refractivity (Wildman–Crippen MR) is 76.4 cm³/mol. The van der Waals surface area contributed by atoms with Crippen LogP contribution >= 0.6 is 0 Å². The molecule has 1 amide bonds. The zero-order valence-corrected chi connectivity index (χ0v) is 11.8. The van der Waals surface area contributed by atoms with Crippen LogP contribution in [0.25, 0.3) is 11.0 Å². The Morgan fingerprint density at radius 3 is 3.00 bits per heavy atom. The Balaban J connectivity index is 2.21. The molecule has 0 saturated carbocycles. The van der Waals surface area contributed by atoms with Crippen LogP contribution in [0.1, 0.15) is 18.1 Å². The molecule has 6 heteroatoms. The number of hydrogen-bond donors (Lipinski definition) is 1. The number of nitrogens with zero attached hydrogens (tertiary/aromatic N) is 1. The van der Waals surface area contributed by atoms with Crippen LogP contribution in [-0.4, -0.2) is 24.0 Å². The fourth-order valence-electron chi connectivity index (χ4n) is 2.70. The van der Waals surface area contributed by atoms with Crippen LogP contribution in [-0.2, 0) is 11.2 Å². The van der Waals surface area contributed by atoms with Gasteiger partial charge in [-0.2, -0.15) is 0 Å². The summed E-state index contributed by atoms with van der Waals surface area (Å²) in [5, 5.41) is 10.9. The van der Waals surface area contributed by atoms with Crippen molar-refractivity contribution in [2.45, 2.75) is 26.5 Å². The number of fused-ring (bicyclic) bond motifs is 3. The number of anilines is 1. The Bertz CT molecular complexity index is 779. The van der Waals surface area contributed by atoms with Gasteiger partial charge in [0.2, 0.25) is 0 Å². The van der Waals surface area contributed by atoms with E-state index < -0.39 is 17.9 Å². The summed E-state index contributed by atoms with van der Waals surface area (Å²) in [4.78, 5) is 24.7. The number of aliphatic hydroxyl groups is 1. The second kappa shape index (κ2) is 4.89. The van der Waals surface area contributed by atoms with Gasteiger partial charge in [-0.05, 0) is 31.5 Å². The highest BCUT2D eigenvalue weighted by Gasteiger charge is 2.35. The Kier molecular flexibility index (Phi) is 3.17. The maximum atomic E-state index is 11.9. The highest BCUT2D eigenvalue weighted by molar-refractivity contribution is 5.97. The Hall–Kier alpha value is -2.34. The minimum absolute atomic E-state index is 0.206. The Morgan fingerprint density at radius 2 is 2.29 bits per heavy atom. The van der Waals surface area contributed by atoms with Crippen LogP contribution in [0.4, 0.5) is 10.5 Å². The van der Waals surface area contributed by atoms with Crippen molar-refractivity contribution in [1.29, 1.82) is 0 Å². The zero-order chi connectivity index (χ0) is 15.1. The minimum Gasteiger partial charge on any atom is -0.449 e. The van der Waals surface area contributed by atoms with Crippen molar-refractivity contribution in [2.75, 3.05) is 11.5 Å². The van der Waals surface area contributed by atoms with E-state index >= 15 is 0 Å². The summed E-state index contributed by atoms with van der Waals surface area (Å²) < 4.78 is 10.2. The lowest BCUT2D eigenvalue weighted by Crippen LogP contribution is -2.37. The van der Waals surface area contributed by atoms with Crippen molar-refractivity contribution in [1.82, 2.24) is 0 Å². The van der Waals surface area contributed by atoms with Gasteiger partial charge in [0.1, 0.15) is 11.8 Å². The van der Waals surface area contributed by atoms with Gasteiger partial charge in [-0.25, -0.2) is 9.59 Å². The largest absolute Gasteiger partial charge is 0.449 e. The van der Waals surface area contributed by atoms with E-state index in [4.69, 9.17) is 9.15 Å². The van der Waals surface area contributed by atoms with Crippen molar-refractivity contribution < 1.29 is 19.1 Å². The lowest BCUT2D eigenvalue weighted by Gasteiger charge is -2.20. The SMILES string of the molecule is CCOC(=O)N1c2ccc3c(C)cc(=O)oc3c2CC1O. The Labute approximate surface area is 120 Å². The van der Waals surface area contributed by atoms with Gasteiger partial charge in [0.15, 0.2) is 0 Å². The molecule has 110 valence electrons. The summed E-state index contributed by atoms with van der Waals surface area (Å²) in [6.45, 7) is 3.74. The second-order valence-corrected chi connectivity index (χ2v) is 4.94. The zero-order valence-electron chi connectivity index (χ0n) is 11.8. The first kappa shape index (κ1) is 13.6. The third-order valence-corrected chi connectivity index (χ3v) is 3.61. The standard InChI is InChI=1S/C15H15NO5/c1-3-20-15(19)16-11-5-4-9-8(2)6-13(18)21-14(9)10(11)7-12(16)17/h4-6,12,17H,3,7H2,1-2H3. The number of ether oxygens (including phenoxy) is 1. The molecule has 1 aromatic heterocycles. The molecule has 2 heterocycles. The van der Waals surface area contributed by atoms with E-state index in [1.807, 2.05) is 6.92 Å². The first-order valence-corrected chi connectivity index (χ1v) is 6.73.